The van der Waals surface area contributed by atoms with Gasteiger partial charge in [-0.15, -0.1) is 0 Å². The van der Waals surface area contributed by atoms with Crippen LogP contribution >= 0.6 is 0 Å². The molecular weight excluding hydrogens is 202 g/mol. The van der Waals surface area contributed by atoms with E-state index in [9.17, 15) is 4.79 Å². The molecule has 0 aliphatic heterocycles. The highest BCUT2D eigenvalue weighted by molar-refractivity contribution is 5.80. The SMILES string of the molecule is CC(N[C@@H](C)c1cccnc1)C(=O)N(C)C. The number of hydrogen-bond donors (Lipinski definition) is 1. The van der Waals surface area contributed by atoms with Crippen LogP contribution in [0.15, 0.2) is 24.5 Å². The summed E-state index contributed by atoms with van der Waals surface area (Å²) >= 11 is 0. The van der Waals surface area contributed by atoms with Crippen molar-refractivity contribution >= 4 is 5.91 Å². The lowest BCUT2D eigenvalue weighted by atomic mass is 10.1. The summed E-state index contributed by atoms with van der Waals surface area (Å²) < 4.78 is 0. The highest BCUT2D eigenvalue weighted by Crippen LogP contribution is 2.10. The van der Waals surface area contributed by atoms with Gasteiger partial charge in [-0.05, 0) is 25.5 Å². The third-order valence-corrected chi connectivity index (χ3v) is 2.50. The Bertz CT molecular complexity index is 337. The standard InChI is InChI=1S/C12H19N3O/c1-9(11-6-5-7-13-8-11)14-10(2)12(16)15(3)4/h5-10,14H,1-4H3/t9-,10?/m0/s1. The van der Waals surface area contributed by atoms with Crippen LogP contribution in [0, 0.1) is 0 Å². The van der Waals surface area contributed by atoms with Crippen molar-refractivity contribution in [1.82, 2.24) is 15.2 Å². The number of hydrogen-bond acceptors (Lipinski definition) is 3. The van der Waals surface area contributed by atoms with Gasteiger partial charge in [0.15, 0.2) is 0 Å². The zero-order valence-electron chi connectivity index (χ0n) is 10.3. The number of carbonyl (C=O) groups excluding carboxylic acids is 1. The van der Waals surface area contributed by atoms with Crippen molar-refractivity contribution in [3.63, 3.8) is 0 Å². The van der Waals surface area contributed by atoms with Gasteiger partial charge in [0.2, 0.25) is 5.91 Å². The van der Waals surface area contributed by atoms with Crippen molar-refractivity contribution in [1.29, 1.82) is 0 Å². The van der Waals surface area contributed by atoms with Crippen molar-refractivity contribution in [3.05, 3.63) is 30.1 Å². The summed E-state index contributed by atoms with van der Waals surface area (Å²) in [5, 5.41) is 3.25. The third-order valence-electron chi connectivity index (χ3n) is 2.50. The van der Waals surface area contributed by atoms with E-state index in [2.05, 4.69) is 10.3 Å². The molecule has 1 heterocycles. The van der Waals surface area contributed by atoms with Crippen molar-refractivity contribution in [2.75, 3.05) is 14.1 Å². The highest BCUT2D eigenvalue weighted by Gasteiger charge is 2.17. The van der Waals surface area contributed by atoms with Crippen LogP contribution in [-0.2, 0) is 4.79 Å². The van der Waals surface area contributed by atoms with Crippen LogP contribution in [0.3, 0.4) is 0 Å². The number of aromatic nitrogens is 1. The molecular formula is C12H19N3O. The number of likely N-dealkylation sites (N-methyl/N-ethyl adjacent to an activating group) is 1. The molecule has 0 saturated carbocycles. The molecule has 16 heavy (non-hydrogen) atoms. The van der Waals surface area contributed by atoms with E-state index in [4.69, 9.17) is 0 Å². The van der Waals surface area contributed by atoms with Gasteiger partial charge in [0.05, 0.1) is 6.04 Å². The van der Waals surface area contributed by atoms with Gasteiger partial charge < -0.3 is 4.90 Å². The Hall–Kier alpha value is -1.42. The Morgan fingerprint density at radius 2 is 2.12 bits per heavy atom. The molecule has 1 amide bonds. The normalized spacial score (nSPS) is 14.2. The number of carbonyl (C=O) groups is 1. The van der Waals surface area contributed by atoms with Gasteiger partial charge in [-0.2, -0.15) is 0 Å². The summed E-state index contributed by atoms with van der Waals surface area (Å²) in [6, 6.07) is 3.82. The molecule has 1 unspecified atom stereocenters. The van der Waals surface area contributed by atoms with E-state index in [1.165, 1.54) is 0 Å². The lowest BCUT2D eigenvalue weighted by molar-refractivity contribution is -0.130. The monoisotopic (exact) mass is 221 g/mol. The van der Waals surface area contributed by atoms with E-state index in [1.54, 1.807) is 25.2 Å². The molecule has 0 aliphatic carbocycles. The van der Waals surface area contributed by atoms with E-state index < -0.39 is 0 Å². The van der Waals surface area contributed by atoms with Gasteiger partial charge in [0.25, 0.3) is 0 Å². The zero-order chi connectivity index (χ0) is 12.1. The maximum absolute atomic E-state index is 11.7. The first kappa shape index (κ1) is 12.6. The molecule has 0 fully saturated rings. The maximum atomic E-state index is 11.7. The smallest absolute Gasteiger partial charge is 0.238 e. The Kier molecular flexibility index (Phi) is 4.43. The number of nitrogens with one attached hydrogen (secondary N) is 1. The average molecular weight is 221 g/mol. The van der Waals surface area contributed by atoms with Gasteiger partial charge in [-0.1, -0.05) is 6.07 Å². The molecule has 1 aromatic heterocycles. The lowest BCUT2D eigenvalue weighted by Gasteiger charge is -2.22. The fourth-order valence-corrected chi connectivity index (χ4v) is 1.56. The summed E-state index contributed by atoms with van der Waals surface area (Å²) in [4.78, 5) is 17.3. The van der Waals surface area contributed by atoms with E-state index in [1.807, 2.05) is 32.2 Å². The van der Waals surface area contributed by atoms with Crippen LogP contribution in [-0.4, -0.2) is 35.9 Å². The minimum absolute atomic E-state index is 0.0794. The molecule has 88 valence electrons. The van der Waals surface area contributed by atoms with E-state index in [-0.39, 0.29) is 18.0 Å². The van der Waals surface area contributed by atoms with Crippen LogP contribution in [0.25, 0.3) is 0 Å². The number of nitrogens with zero attached hydrogens (tertiary/aromatic N) is 2. The minimum Gasteiger partial charge on any atom is -0.347 e. The van der Waals surface area contributed by atoms with Gasteiger partial charge in [0.1, 0.15) is 0 Å². The highest BCUT2D eigenvalue weighted by atomic mass is 16.2. The van der Waals surface area contributed by atoms with Crippen LogP contribution in [0.1, 0.15) is 25.5 Å². The molecule has 0 saturated heterocycles. The molecule has 0 bridgehead atoms. The summed E-state index contributed by atoms with van der Waals surface area (Å²) in [6.45, 7) is 3.89. The number of rotatable bonds is 4. The van der Waals surface area contributed by atoms with E-state index >= 15 is 0 Å². The predicted octanol–water partition coefficient (Wildman–Crippen LogP) is 1.21. The Morgan fingerprint density at radius 3 is 2.62 bits per heavy atom. The third kappa shape index (κ3) is 3.31. The van der Waals surface area contributed by atoms with Crippen molar-refractivity contribution in [3.8, 4) is 0 Å². The first-order valence-electron chi connectivity index (χ1n) is 5.39. The second kappa shape index (κ2) is 5.61. The number of amides is 1. The van der Waals surface area contributed by atoms with Crippen LogP contribution in [0.5, 0.6) is 0 Å². The van der Waals surface area contributed by atoms with Crippen molar-refractivity contribution in [2.45, 2.75) is 25.9 Å². The molecule has 0 spiro atoms. The summed E-state index contributed by atoms with van der Waals surface area (Å²) in [5.41, 5.74) is 1.08. The van der Waals surface area contributed by atoms with Crippen molar-refractivity contribution < 1.29 is 4.79 Å². The average Bonchev–Trinajstić information content (AvgIpc) is 2.28. The molecule has 4 nitrogen and oxygen atoms in total. The van der Waals surface area contributed by atoms with Crippen molar-refractivity contribution in [2.24, 2.45) is 0 Å². The Labute approximate surface area is 96.7 Å². The number of pyridine rings is 1. The molecule has 4 heteroatoms. The van der Waals surface area contributed by atoms with E-state index in [0.717, 1.165) is 5.56 Å². The molecule has 1 aromatic rings. The van der Waals surface area contributed by atoms with Crippen LogP contribution in [0.2, 0.25) is 0 Å². The van der Waals surface area contributed by atoms with Gasteiger partial charge in [-0.25, -0.2) is 0 Å². The molecule has 0 radical (unpaired) electrons. The van der Waals surface area contributed by atoms with E-state index in [0.29, 0.717) is 0 Å². The fourth-order valence-electron chi connectivity index (χ4n) is 1.56. The lowest BCUT2D eigenvalue weighted by Crippen LogP contribution is -2.42. The molecule has 1 N–H and O–H groups in total. The predicted molar refractivity (Wildman–Crippen MR) is 63.9 cm³/mol. The van der Waals surface area contributed by atoms with Crippen LogP contribution in [0.4, 0.5) is 0 Å². The zero-order valence-corrected chi connectivity index (χ0v) is 10.3. The summed E-state index contributed by atoms with van der Waals surface area (Å²) in [7, 11) is 3.52. The van der Waals surface area contributed by atoms with Crippen LogP contribution < -0.4 is 5.32 Å². The maximum Gasteiger partial charge on any atom is 0.238 e. The largest absolute Gasteiger partial charge is 0.347 e. The molecule has 2 atom stereocenters. The minimum atomic E-state index is -0.190. The summed E-state index contributed by atoms with van der Waals surface area (Å²) in [5.74, 6) is 0.0794. The molecule has 0 aromatic carbocycles. The first-order chi connectivity index (χ1) is 7.52. The Morgan fingerprint density at radius 1 is 1.44 bits per heavy atom. The summed E-state index contributed by atoms with van der Waals surface area (Å²) in [6.07, 6.45) is 3.55. The van der Waals surface area contributed by atoms with Gasteiger partial charge >= 0.3 is 0 Å². The molecule has 0 aliphatic rings. The Balaban J connectivity index is 2.58. The first-order valence-corrected chi connectivity index (χ1v) is 5.39. The van der Waals surface area contributed by atoms with Gasteiger partial charge in [-0.3, -0.25) is 15.1 Å². The topological polar surface area (TPSA) is 45.2 Å². The second-order valence-electron chi connectivity index (χ2n) is 4.13. The fraction of sp³-hybridized carbons (Fsp3) is 0.500. The quantitative estimate of drug-likeness (QED) is 0.831. The molecule has 1 rings (SSSR count). The van der Waals surface area contributed by atoms with Gasteiger partial charge in [0, 0.05) is 32.5 Å². The second-order valence-corrected chi connectivity index (χ2v) is 4.13.